The van der Waals surface area contributed by atoms with Gasteiger partial charge in [0, 0.05) is 17.3 Å². The zero-order valence-corrected chi connectivity index (χ0v) is 9.74. The van der Waals surface area contributed by atoms with E-state index in [2.05, 4.69) is 42.4 Å². The molecule has 0 aliphatic carbocycles. The topological polar surface area (TPSA) is 24.9 Å². The summed E-state index contributed by atoms with van der Waals surface area (Å²) in [6, 6.07) is 0. The molecule has 0 fully saturated rings. The van der Waals surface area contributed by atoms with Gasteiger partial charge in [-0.3, -0.25) is 0 Å². The maximum absolute atomic E-state index is 5.14. The highest BCUT2D eigenvalue weighted by Gasteiger charge is 2.17. The predicted molar refractivity (Wildman–Crippen MR) is 61.4 cm³/mol. The van der Waals surface area contributed by atoms with E-state index in [0.717, 1.165) is 12.2 Å². The zero-order valence-electron chi connectivity index (χ0n) is 8.92. The van der Waals surface area contributed by atoms with Gasteiger partial charge in [0.25, 0.3) is 0 Å². The van der Waals surface area contributed by atoms with Crippen molar-refractivity contribution in [1.29, 1.82) is 0 Å². The maximum atomic E-state index is 5.14. The summed E-state index contributed by atoms with van der Waals surface area (Å²) >= 11 is 1.71. The van der Waals surface area contributed by atoms with Gasteiger partial charge < -0.3 is 5.32 Å². The molecule has 0 saturated heterocycles. The third-order valence-corrected chi connectivity index (χ3v) is 3.04. The highest BCUT2D eigenvalue weighted by molar-refractivity contribution is 7.09. The van der Waals surface area contributed by atoms with Gasteiger partial charge in [0.1, 0.15) is 0 Å². The summed E-state index contributed by atoms with van der Waals surface area (Å²) in [5, 5.41) is 6.39. The quantitative estimate of drug-likeness (QED) is 0.608. The molecule has 76 valence electrons. The summed E-state index contributed by atoms with van der Waals surface area (Å²) in [4.78, 5) is 4.54. The molecule has 1 aromatic heterocycles. The molecular weight excluding hydrogens is 192 g/mol. The molecule has 0 aliphatic heterocycles. The Labute approximate surface area is 89.8 Å². The second kappa shape index (κ2) is 4.59. The molecule has 3 heteroatoms. The summed E-state index contributed by atoms with van der Waals surface area (Å²) in [5.74, 6) is 2.54. The first-order chi connectivity index (χ1) is 6.54. The summed E-state index contributed by atoms with van der Waals surface area (Å²) in [6.07, 6.45) is 5.14. The number of aromatic nitrogens is 1. The molecule has 0 radical (unpaired) electrons. The zero-order chi connectivity index (χ0) is 10.6. The van der Waals surface area contributed by atoms with E-state index >= 15 is 0 Å². The highest BCUT2D eigenvalue weighted by Crippen LogP contribution is 2.25. The van der Waals surface area contributed by atoms with Crippen molar-refractivity contribution in [1.82, 2.24) is 10.3 Å². The van der Waals surface area contributed by atoms with Gasteiger partial charge in [0.05, 0.1) is 17.2 Å². The minimum atomic E-state index is 0.148. The summed E-state index contributed by atoms with van der Waals surface area (Å²) in [5.41, 5.74) is 1.23. The van der Waals surface area contributed by atoms with Gasteiger partial charge in [-0.15, -0.1) is 17.8 Å². The third-order valence-electron chi connectivity index (χ3n) is 1.73. The first-order valence-corrected chi connectivity index (χ1v) is 5.51. The van der Waals surface area contributed by atoms with Crippen molar-refractivity contribution in [2.24, 2.45) is 0 Å². The third kappa shape index (κ3) is 3.13. The molecule has 0 spiro atoms. The van der Waals surface area contributed by atoms with Gasteiger partial charge in [0.2, 0.25) is 0 Å². The number of nitrogens with zero attached hydrogens (tertiary/aromatic N) is 1. The molecule has 1 aromatic rings. The highest BCUT2D eigenvalue weighted by atomic mass is 32.1. The maximum Gasteiger partial charge on any atom is 0.0982 e. The van der Waals surface area contributed by atoms with Crippen LogP contribution in [0.15, 0.2) is 5.38 Å². The minimum Gasteiger partial charge on any atom is -0.301 e. The van der Waals surface area contributed by atoms with Crippen LogP contribution >= 0.6 is 11.3 Å². The Morgan fingerprint density at radius 3 is 2.79 bits per heavy atom. The summed E-state index contributed by atoms with van der Waals surface area (Å²) < 4.78 is 0. The Morgan fingerprint density at radius 2 is 2.29 bits per heavy atom. The Balaban J connectivity index is 2.57. The van der Waals surface area contributed by atoms with Gasteiger partial charge in [-0.25, -0.2) is 4.98 Å². The van der Waals surface area contributed by atoms with Crippen LogP contribution in [0.1, 0.15) is 31.5 Å². The Kier molecular flexibility index (Phi) is 3.68. The Hall–Kier alpha value is -0.850. The smallest absolute Gasteiger partial charge is 0.0982 e. The number of hydrogen-bond acceptors (Lipinski definition) is 3. The van der Waals surface area contributed by atoms with Crippen LogP contribution in [0.3, 0.4) is 0 Å². The van der Waals surface area contributed by atoms with E-state index in [0.29, 0.717) is 6.54 Å². The number of thiazole rings is 1. The van der Waals surface area contributed by atoms with E-state index in [9.17, 15) is 0 Å². The van der Waals surface area contributed by atoms with Crippen LogP contribution in [0.25, 0.3) is 0 Å². The SMILES string of the molecule is C#CCNCc1csc(C(C)(C)C)n1. The average molecular weight is 208 g/mol. The second-order valence-corrected chi connectivity index (χ2v) is 5.06. The van der Waals surface area contributed by atoms with Crippen LogP contribution in [0.5, 0.6) is 0 Å². The van der Waals surface area contributed by atoms with Crippen LogP contribution in [0, 0.1) is 12.3 Å². The predicted octanol–water partition coefficient (Wildman–Crippen LogP) is 2.16. The van der Waals surface area contributed by atoms with E-state index in [1.54, 1.807) is 11.3 Å². The van der Waals surface area contributed by atoms with E-state index in [1.807, 2.05) is 0 Å². The molecule has 1 heterocycles. The fraction of sp³-hybridized carbons (Fsp3) is 0.545. The van der Waals surface area contributed by atoms with Crippen molar-refractivity contribution in [3.05, 3.63) is 16.1 Å². The van der Waals surface area contributed by atoms with Crippen molar-refractivity contribution in [3.63, 3.8) is 0 Å². The number of nitrogens with one attached hydrogen (secondary N) is 1. The summed E-state index contributed by atoms with van der Waals surface area (Å²) in [7, 11) is 0. The lowest BCUT2D eigenvalue weighted by atomic mass is 9.98. The molecular formula is C11H16N2S. The number of rotatable bonds is 3. The number of terminal acetylenes is 1. The molecule has 0 amide bonds. The van der Waals surface area contributed by atoms with Crippen LogP contribution in [0.4, 0.5) is 0 Å². The van der Waals surface area contributed by atoms with Crippen molar-refractivity contribution in [2.45, 2.75) is 32.7 Å². The molecule has 14 heavy (non-hydrogen) atoms. The normalized spacial score (nSPS) is 11.3. The molecule has 0 unspecified atom stereocenters. The van der Waals surface area contributed by atoms with Crippen molar-refractivity contribution in [2.75, 3.05) is 6.54 Å². The fourth-order valence-electron chi connectivity index (χ4n) is 0.995. The molecule has 0 aromatic carbocycles. The van der Waals surface area contributed by atoms with Crippen molar-refractivity contribution < 1.29 is 0 Å². The molecule has 0 saturated carbocycles. The van der Waals surface area contributed by atoms with E-state index in [1.165, 1.54) is 5.01 Å². The lowest BCUT2D eigenvalue weighted by molar-refractivity contribution is 0.581. The Morgan fingerprint density at radius 1 is 1.57 bits per heavy atom. The molecule has 2 nitrogen and oxygen atoms in total. The van der Waals surface area contributed by atoms with Crippen LogP contribution in [-0.2, 0) is 12.0 Å². The second-order valence-electron chi connectivity index (χ2n) is 4.20. The molecule has 0 aliphatic rings. The molecule has 1 N–H and O–H groups in total. The molecule has 0 bridgehead atoms. The fourth-order valence-corrected chi connectivity index (χ4v) is 1.90. The van der Waals surface area contributed by atoms with Gasteiger partial charge in [-0.2, -0.15) is 0 Å². The molecule has 1 rings (SSSR count). The van der Waals surface area contributed by atoms with Crippen molar-refractivity contribution >= 4 is 11.3 Å². The first kappa shape index (κ1) is 11.2. The number of hydrogen-bond donors (Lipinski definition) is 1. The van der Waals surface area contributed by atoms with E-state index in [-0.39, 0.29) is 5.41 Å². The first-order valence-electron chi connectivity index (χ1n) is 4.63. The van der Waals surface area contributed by atoms with E-state index < -0.39 is 0 Å². The van der Waals surface area contributed by atoms with Crippen molar-refractivity contribution in [3.8, 4) is 12.3 Å². The van der Waals surface area contributed by atoms with Gasteiger partial charge in [-0.1, -0.05) is 26.7 Å². The standard InChI is InChI=1S/C11H16N2S/c1-5-6-12-7-9-8-14-10(13-9)11(2,3)4/h1,8,12H,6-7H2,2-4H3. The van der Waals surface area contributed by atoms with Crippen LogP contribution in [0.2, 0.25) is 0 Å². The largest absolute Gasteiger partial charge is 0.301 e. The van der Waals surface area contributed by atoms with Gasteiger partial charge in [-0.05, 0) is 0 Å². The van der Waals surface area contributed by atoms with Gasteiger partial charge in [0.15, 0.2) is 0 Å². The van der Waals surface area contributed by atoms with Gasteiger partial charge >= 0.3 is 0 Å². The monoisotopic (exact) mass is 208 g/mol. The lowest BCUT2D eigenvalue weighted by Gasteiger charge is -2.13. The summed E-state index contributed by atoms with van der Waals surface area (Å²) in [6.45, 7) is 7.87. The minimum absolute atomic E-state index is 0.148. The van der Waals surface area contributed by atoms with E-state index in [4.69, 9.17) is 6.42 Å². The van der Waals surface area contributed by atoms with Crippen LogP contribution in [-0.4, -0.2) is 11.5 Å². The lowest BCUT2D eigenvalue weighted by Crippen LogP contribution is -2.14. The Bertz CT molecular complexity index is 328. The van der Waals surface area contributed by atoms with Crippen LogP contribution < -0.4 is 5.32 Å². The molecule has 0 atom stereocenters. The average Bonchev–Trinajstić information content (AvgIpc) is 2.52.